The van der Waals surface area contributed by atoms with Crippen molar-refractivity contribution in [1.29, 1.82) is 0 Å². The molecule has 0 saturated carbocycles. The van der Waals surface area contributed by atoms with Gasteiger partial charge < -0.3 is 19.9 Å². The minimum absolute atomic E-state index is 0.252. The summed E-state index contributed by atoms with van der Waals surface area (Å²) in [6.07, 6.45) is 0. The van der Waals surface area contributed by atoms with Gasteiger partial charge in [-0.25, -0.2) is 0 Å². The maximum Gasteiger partial charge on any atom is 0.278 e. The number of likely N-dealkylation sites (N-methyl/N-ethyl adjacent to an activating group) is 1. The van der Waals surface area contributed by atoms with E-state index in [1.807, 2.05) is 44.2 Å². The summed E-state index contributed by atoms with van der Waals surface area (Å²) in [4.78, 5) is 32.6. The number of hydrogen-bond acceptors (Lipinski definition) is 6. The van der Waals surface area contributed by atoms with E-state index in [0.717, 1.165) is 44.1 Å². The van der Waals surface area contributed by atoms with Crippen molar-refractivity contribution in [3.63, 3.8) is 0 Å². The molecule has 0 radical (unpaired) electrons. The molecule has 0 atom stereocenters. The Bertz CT molecular complexity index is 1050. The fourth-order valence-corrected chi connectivity index (χ4v) is 4.46. The van der Waals surface area contributed by atoms with Crippen molar-refractivity contribution in [2.24, 2.45) is 0 Å². The molecule has 0 spiro atoms. The van der Waals surface area contributed by atoms with Gasteiger partial charge in [0.05, 0.1) is 12.7 Å². The number of anilines is 2. The molecule has 174 valence electrons. The van der Waals surface area contributed by atoms with Gasteiger partial charge in [0.15, 0.2) is 0 Å². The highest BCUT2D eigenvalue weighted by Crippen LogP contribution is 2.36. The number of methoxy groups -OCH3 is 1. The summed E-state index contributed by atoms with van der Waals surface area (Å²) in [5.41, 5.74) is 3.15. The lowest BCUT2D eigenvalue weighted by Gasteiger charge is -2.35. The molecule has 7 nitrogen and oxygen atoms in total. The van der Waals surface area contributed by atoms with Gasteiger partial charge >= 0.3 is 0 Å². The zero-order valence-electron chi connectivity index (χ0n) is 19.8. The highest BCUT2D eigenvalue weighted by molar-refractivity contribution is 6.37. The van der Waals surface area contributed by atoms with Gasteiger partial charge in [-0.2, -0.15) is 0 Å². The van der Waals surface area contributed by atoms with Crippen molar-refractivity contribution >= 4 is 28.8 Å². The number of carbonyl (C=O) groups is 2. The second-order valence-electron chi connectivity index (χ2n) is 8.62. The summed E-state index contributed by atoms with van der Waals surface area (Å²) < 4.78 is 5.48. The minimum atomic E-state index is -0.323. The van der Waals surface area contributed by atoms with Crippen LogP contribution in [0.4, 0.5) is 11.4 Å². The summed E-state index contributed by atoms with van der Waals surface area (Å²) in [6.45, 7) is 11.1. The third kappa shape index (κ3) is 4.46. The van der Waals surface area contributed by atoms with Gasteiger partial charge in [-0.1, -0.05) is 25.1 Å². The van der Waals surface area contributed by atoms with E-state index < -0.39 is 0 Å². The van der Waals surface area contributed by atoms with E-state index in [0.29, 0.717) is 16.9 Å². The van der Waals surface area contributed by atoms with Crippen molar-refractivity contribution in [2.75, 3.05) is 50.1 Å². The average Bonchev–Trinajstić information content (AvgIpc) is 3.08. The average molecular weight is 449 g/mol. The molecule has 2 aromatic rings. The normalized spacial score (nSPS) is 17.4. The number of para-hydroxylation sites is 1. The third-order valence-corrected chi connectivity index (χ3v) is 6.33. The van der Waals surface area contributed by atoms with E-state index in [9.17, 15) is 9.59 Å². The Morgan fingerprint density at radius 2 is 1.61 bits per heavy atom. The van der Waals surface area contributed by atoms with E-state index in [1.165, 1.54) is 4.90 Å². The fraction of sp³-hybridized carbons (Fsp3) is 0.385. The van der Waals surface area contributed by atoms with Gasteiger partial charge in [-0.05, 0) is 50.7 Å². The Kier molecular flexibility index (Phi) is 6.70. The summed E-state index contributed by atoms with van der Waals surface area (Å²) >= 11 is 0. The van der Waals surface area contributed by atoms with Crippen LogP contribution in [0.1, 0.15) is 26.3 Å². The monoisotopic (exact) mass is 448 g/mol. The topological polar surface area (TPSA) is 65.1 Å². The van der Waals surface area contributed by atoms with E-state index in [2.05, 4.69) is 34.2 Å². The molecule has 4 rings (SSSR count). The van der Waals surface area contributed by atoms with Crippen molar-refractivity contribution in [1.82, 2.24) is 9.80 Å². The summed E-state index contributed by atoms with van der Waals surface area (Å²) in [6, 6.07) is 15.1. The number of benzene rings is 2. The first-order chi connectivity index (χ1) is 15.9. The molecule has 2 heterocycles. The zero-order valence-corrected chi connectivity index (χ0v) is 19.8. The molecule has 7 heteroatoms. The van der Waals surface area contributed by atoms with E-state index in [4.69, 9.17) is 4.74 Å². The summed E-state index contributed by atoms with van der Waals surface area (Å²) in [5, 5.41) is 3.24. The molecular weight excluding hydrogens is 416 g/mol. The van der Waals surface area contributed by atoms with Gasteiger partial charge in [0.2, 0.25) is 0 Å². The van der Waals surface area contributed by atoms with Gasteiger partial charge in [-0.3, -0.25) is 14.5 Å². The lowest BCUT2D eigenvalue weighted by molar-refractivity contribution is -0.138. The number of rotatable bonds is 7. The number of ether oxygens (including phenoxy) is 1. The van der Waals surface area contributed by atoms with Crippen LogP contribution >= 0.6 is 0 Å². The second kappa shape index (κ2) is 9.67. The Balaban J connectivity index is 1.63. The molecule has 1 saturated heterocycles. The second-order valence-corrected chi connectivity index (χ2v) is 8.62. The Morgan fingerprint density at radius 1 is 0.939 bits per heavy atom. The first kappa shape index (κ1) is 22.9. The third-order valence-electron chi connectivity index (χ3n) is 6.33. The summed E-state index contributed by atoms with van der Waals surface area (Å²) in [7, 11) is 1.56. The number of hydrogen-bond donors (Lipinski definition) is 1. The molecule has 1 fully saturated rings. The first-order valence-corrected chi connectivity index (χ1v) is 11.5. The fourth-order valence-electron chi connectivity index (χ4n) is 4.46. The molecule has 33 heavy (non-hydrogen) atoms. The highest BCUT2D eigenvalue weighted by atomic mass is 16.5. The van der Waals surface area contributed by atoms with Gasteiger partial charge in [-0.15, -0.1) is 0 Å². The number of nitrogens with zero attached hydrogens (tertiary/aromatic N) is 3. The van der Waals surface area contributed by atoms with Crippen LogP contribution < -0.4 is 15.0 Å². The van der Waals surface area contributed by atoms with E-state index >= 15 is 0 Å². The standard InChI is InChI=1S/C26H32N4O3/c1-5-28-14-16-29(17-15-28)20-12-10-19(11-13-20)27-24-23(21-8-6-7-9-22(21)33-4)25(31)30(18(2)3)26(24)32/h6-13,18,27H,5,14-17H2,1-4H3. The smallest absolute Gasteiger partial charge is 0.278 e. The van der Waals surface area contributed by atoms with Crippen molar-refractivity contribution in [3.05, 3.63) is 59.8 Å². The number of nitrogens with one attached hydrogen (secondary N) is 1. The van der Waals surface area contributed by atoms with Crippen molar-refractivity contribution in [2.45, 2.75) is 26.8 Å². The highest BCUT2D eigenvalue weighted by Gasteiger charge is 2.41. The molecule has 0 aromatic heterocycles. The molecule has 2 amide bonds. The van der Waals surface area contributed by atoms with Crippen LogP contribution in [-0.4, -0.2) is 67.5 Å². The zero-order chi connectivity index (χ0) is 23.5. The van der Waals surface area contributed by atoms with E-state index in [-0.39, 0.29) is 23.6 Å². The SMILES string of the molecule is CCN1CCN(c2ccc(NC3=C(c4ccccc4OC)C(=O)N(C(C)C)C3=O)cc2)CC1. The van der Waals surface area contributed by atoms with Crippen LogP contribution in [0.3, 0.4) is 0 Å². The number of piperazine rings is 1. The van der Waals surface area contributed by atoms with Gasteiger partial charge in [0.25, 0.3) is 11.8 Å². The van der Waals surface area contributed by atoms with E-state index in [1.54, 1.807) is 13.2 Å². The number of imide groups is 1. The van der Waals surface area contributed by atoms with Crippen LogP contribution in [0.15, 0.2) is 54.2 Å². The predicted octanol–water partition coefficient (Wildman–Crippen LogP) is 3.44. The first-order valence-electron chi connectivity index (χ1n) is 11.5. The molecule has 2 aromatic carbocycles. The molecule has 2 aliphatic heterocycles. The van der Waals surface area contributed by atoms with Gasteiger partial charge in [0, 0.05) is 49.2 Å². The quantitative estimate of drug-likeness (QED) is 0.655. The molecule has 1 N–H and O–H groups in total. The maximum atomic E-state index is 13.3. The maximum absolute atomic E-state index is 13.3. The van der Waals surface area contributed by atoms with Crippen LogP contribution in [-0.2, 0) is 9.59 Å². The molecule has 0 unspecified atom stereocenters. The Morgan fingerprint density at radius 3 is 2.21 bits per heavy atom. The lowest BCUT2D eigenvalue weighted by atomic mass is 10.0. The largest absolute Gasteiger partial charge is 0.496 e. The summed E-state index contributed by atoms with van der Waals surface area (Å²) in [5.74, 6) is -0.0804. The van der Waals surface area contributed by atoms with Crippen molar-refractivity contribution in [3.8, 4) is 5.75 Å². The number of carbonyl (C=O) groups excluding carboxylic acids is 2. The minimum Gasteiger partial charge on any atom is -0.496 e. The lowest BCUT2D eigenvalue weighted by Crippen LogP contribution is -2.46. The van der Waals surface area contributed by atoms with Crippen LogP contribution in [0, 0.1) is 0 Å². The van der Waals surface area contributed by atoms with Crippen molar-refractivity contribution < 1.29 is 14.3 Å². The number of amides is 2. The molecule has 0 bridgehead atoms. The Hall–Kier alpha value is -3.32. The molecular formula is C26H32N4O3. The van der Waals surface area contributed by atoms with Crippen LogP contribution in [0.2, 0.25) is 0 Å². The van der Waals surface area contributed by atoms with Crippen LogP contribution in [0.5, 0.6) is 5.75 Å². The molecule has 0 aliphatic carbocycles. The van der Waals surface area contributed by atoms with Crippen LogP contribution in [0.25, 0.3) is 5.57 Å². The molecule has 2 aliphatic rings. The predicted molar refractivity (Wildman–Crippen MR) is 131 cm³/mol. The Labute approximate surface area is 195 Å². The van der Waals surface area contributed by atoms with Gasteiger partial charge in [0.1, 0.15) is 11.4 Å².